The molecule has 1 aliphatic rings. The smallest absolute Gasteiger partial charge is 0.435 e. The Morgan fingerprint density at radius 3 is 2.19 bits per heavy atom. The number of rotatable bonds is 11. The van der Waals surface area contributed by atoms with Crippen LogP contribution in [0.1, 0.15) is 50.2 Å². The van der Waals surface area contributed by atoms with E-state index in [-0.39, 0.29) is 43.6 Å². The highest BCUT2D eigenvalue weighted by atomic mass is 16.5. The Labute approximate surface area is 272 Å². The summed E-state index contributed by atoms with van der Waals surface area (Å²) >= 11 is 0. The average molecular weight is 633 g/mol. The number of carboxylic acid groups (broad SMARTS) is 1. The molecule has 0 radical (unpaired) electrons. The molecule has 10 heteroatoms. The minimum Gasteiger partial charge on any atom is -0.481 e. The zero-order valence-corrected chi connectivity index (χ0v) is 25.8. The van der Waals surface area contributed by atoms with Crippen molar-refractivity contribution in [3.8, 4) is 0 Å². The Morgan fingerprint density at radius 1 is 0.851 bits per heavy atom. The van der Waals surface area contributed by atoms with Crippen LogP contribution in [0.3, 0.4) is 0 Å². The highest BCUT2D eigenvalue weighted by Gasteiger charge is 2.31. The molecule has 4 N–H and O–H groups in total. The number of amides is 3. The second-order valence-electron chi connectivity index (χ2n) is 11.4. The Bertz CT molecular complexity index is 1760. The fraction of sp³-hybridized carbons (Fsp3) is 0.216. The number of carbonyl (C=O) groups excluding carboxylic acids is 3. The molecule has 4 aromatic carbocycles. The maximum Gasteiger partial charge on any atom is 0.435 e. The van der Waals surface area contributed by atoms with Gasteiger partial charge in [0.05, 0.1) is 12.3 Å². The summed E-state index contributed by atoms with van der Waals surface area (Å²) in [5, 5.41) is 12.4. The Hall–Kier alpha value is -5.77. The lowest BCUT2D eigenvalue weighted by molar-refractivity contribution is -0.144. The quantitative estimate of drug-likeness (QED) is 0.158. The van der Waals surface area contributed by atoms with Gasteiger partial charge in [-0.3, -0.25) is 14.4 Å². The number of nitrogens with one attached hydrogen (secondary N) is 1. The predicted molar refractivity (Wildman–Crippen MR) is 176 cm³/mol. The van der Waals surface area contributed by atoms with Crippen LogP contribution in [0.4, 0.5) is 4.79 Å². The summed E-state index contributed by atoms with van der Waals surface area (Å²) < 4.78 is 5.15. The number of hydrogen-bond donors (Lipinski definition) is 3. The van der Waals surface area contributed by atoms with Gasteiger partial charge in [-0.1, -0.05) is 91.0 Å². The van der Waals surface area contributed by atoms with Crippen molar-refractivity contribution in [3.05, 3.63) is 142 Å². The fourth-order valence-electron chi connectivity index (χ4n) is 5.47. The summed E-state index contributed by atoms with van der Waals surface area (Å²) in [5.74, 6) is -2.23. The van der Waals surface area contributed by atoms with Crippen LogP contribution in [-0.4, -0.2) is 46.3 Å². The molecule has 3 amide bonds. The molecule has 0 spiro atoms. The molecule has 1 aliphatic heterocycles. The molecule has 47 heavy (non-hydrogen) atoms. The number of amidine groups is 1. The van der Waals surface area contributed by atoms with E-state index in [1.807, 2.05) is 66.7 Å². The van der Waals surface area contributed by atoms with Crippen LogP contribution < -0.4 is 11.1 Å². The van der Waals surface area contributed by atoms with E-state index in [1.165, 1.54) is 0 Å². The van der Waals surface area contributed by atoms with Crippen molar-refractivity contribution in [1.29, 1.82) is 0 Å². The van der Waals surface area contributed by atoms with Crippen molar-refractivity contribution in [1.82, 2.24) is 10.2 Å². The average Bonchev–Trinajstić information content (AvgIpc) is 3.21. The second-order valence-corrected chi connectivity index (χ2v) is 11.4. The lowest BCUT2D eigenvalue weighted by atomic mass is 9.93. The number of ether oxygens (including phenoxy) is 1. The van der Waals surface area contributed by atoms with E-state index in [2.05, 4.69) is 10.3 Å². The Morgan fingerprint density at radius 2 is 1.51 bits per heavy atom. The maximum absolute atomic E-state index is 13.4. The van der Waals surface area contributed by atoms with Crippen molar-refractivity contribution >= 4 is 29.7 Å². The van der Waals surface area contributed by atoms with E-state index < -0.39 is 18.0 Å². The Kier molecular flexibility index (Phi) is 10.7. The third kappa shape index (κ3) is 9.13. The number of nitrogens with zero attached hydrogens (tertiary/aromatic N) is 2. The third-order valence-electron chi connectivity index (χ3n) is 8.01. The summed E-state index contributed by atoms with van der Waals surface area (Å²) in [7, 11) is 0. The first-order valence-corrected chi connectivity index (χ1v) is 15.3. The molecule has 0 fully saturated rings. The zero-order chi connectivity index (χ0) is 33.2. The monoisotopic (exact) mass is 632 g/mol. The van der Waals surface area contributed by atoms with Gasteiger partial charge in [-0.15, -0.1) is 0 Å². The van der Waals surface area contributed by atoms with E-state index in [1.54, 1.807) is 41.3 Å². The minimum absolute atomic E-state index is 0.0157. The number of benzene rings is 4. The van der Waals surface area contributed by atoms with Crippen LogP contribution >= 0.6 is 0 Å². The molecule has 0 bridgehead atoms. The molecule has 5 rings (SSSR count). The van der Waals surface area contributed by atoms with Crippen molar-refractivity contribution in [2.75, 3.05) is 6.54 Å². The van der Waals surface area contributed by atoms with Crippen LogP contribution in [0.25, 0.3) is 0 Å². The Balaban J connectivity index is 1.19. The topological polar surface area (TPSA) is 151 Å². The normalized spacial score (nSPS) is 14.6. The van der Waals surface area contributed by atoms with Gasteiger partial charge in [0.2, 0.25) is 5.91 Å². The number of nitrogens with two attached hydrogens (primary N) is 1. The fourth-order valence-corrected chi connectivity index (χ4v) is 5.47. The number of carboxylic acids is 1. The molecule has 10 nitrogen and oxygen atoms in total. The van der Waals surface area contributed by atoms with Crippen LogP contribution in [0, 0.1) is 5.92 Å². The summed E-state index contributed by atoms with van der Waals surface area (Å²) in [5.41, 5.74) is 11.4. The van der Waals surface area contributed by atoms with Gasteiger partial charge < -0.3 is 25.8 Å². The number of aliphatic carboxylic acids is 1. The van der Waals surface area contributed by atoms with Gasteiger partial charge in [0.15, 0.2) is 0 Å². The molecule has 1 heterocycles. The maximum atomic E-state index is 13.4. The molecule has 0 aliphatic carbocycles. The van der Waals surface area contributed by atoms with Gasteiger partial charge in [-0.05, 0) is 52.8 Å². The summed E-state index contributed by atoms with van der Waals surface area (Å²) in [6, 6.07) is 31.4. The molecule has 0 saturated carbocycles. The number of hydrogen-bond acceptors (Lipinski definition) is 5. The summed E-state index contributed by atoms with van der Waals surface area (Å²) in [6.45, 7) is 1.14. The van der Waals surface area contributed by atoms with Gasteiger partial charge in [0, 0.05) is 30.8 Å². The van der Waals surface area contributed by atoms with Crippen molar-refractivity contribution in [3.63, 3.8) is 0 Å². The van der Waals surface area contributed by atoms with Crippen molar-refractivity contribution in [2.24, 2.45) is 16.6 Å². The van der Waals surface area contributed by atoms with Crippen molar-refractivity contribution < 1.29 is 29.0 Å². The molecular formula is C37H36N4O6. The molecule has 0 saturated heterocycles. The van der Waals surface area contributed by atoms with Gasteiger partial charge >= 0.3 is 12.1 Å². The van der Waals surface area contributed by atoms with Crippen LogP contribution in [0.15, 0.2) is 108 Å². The lowest BCUT2D eigenvalue weighted by Crippen LogP contribution is -2.37. The molecular weight excluding hydrogens is 596 g/mol. The lowest BCUT2D eigenvalue weighted by Gasteiger charge is -2.24. The highest BCUT2D eigenvalue weighted by molar-refractivity contribution is 6.02. The standard InChI is InChI=1S/C37H36N4O6/c38-34(40-37(46)47-24-27-9-5-2-6-10-27)28-13-11-26(12-14-28)22-39-35(44)29-15-16-30-23-41(18-17-25-7-3-1-4-8-25)36(45)32(21-33(42)43)20-31(30)19-29/h1-16,19,32H,17-18,20-24H2,(H,39,44)(H,42,43)(H2,38,40,46)/t32-/m1/s1. The van der Waals surface area contributed by atoms with Crippen LogP contribution in [-0.2, 0) is 46.9 Å². The first-order chi connectivity index (χ1) is 22.7. The third-order valence-corrected chi connectivity index (χ3v) is 8.01. The minimum atomic E-state index is -1.04. The molecule has 240 valence electrons. The van der Waals surface area contributed by atoms with Gasteiger partial charge in [-0.2, -0.15) is 4.99 Å². The van der Waals surface area contributed by atoms with E-state index in [0.717, 1.165) is 27.8 Å². The number of aliphatic imine (C=N–C) groups is 1. The van der Waals surface area contributed by atoms with Crippen molar-refractivity contribution in [2.45, 2.75) is 39.0 Å². The highest BCUT2D eigenvalue weighted by Crippen LogP contribution is 2.26. The molecule has 0 unspecified atom stereocenters. The first kappa shape index (κ1) is 32.6. The number of carbonyl (C=O) groups is 4. The first-order valence-electron chi connectivity index (χ1n) is 15.3. The van der Waals surface area contributed by atoms with E-state index >= 15 is 0 Å². The molecule has 4 aromatic rings. The molecule has 1 atom stereocenters. The van der Waals surface area contributed by atoms with E-state index in [9.17, 15) is 24.3 Å². The largest absolute Gasteiger partial charge is 0.481 e. The predicted octanol–water partition coefficient (Wildman–Crippen LogP) is 4.88. The SMILES string of the molecule is NC(=NC(=O)OCc1ccccc1)c1ccc(CNC(=O)c2ccc3c(c2)C[C@H](CC(=O)O)C(=O)N(CCc2ccccc2)C3)cc1. The summed E-state index contributed by atoms with van der Waals surface area (Å²) in [6.07, 6.45) is -0.171. The van der Waals surface area contributed by atoms with Crippen LogP contribution in [0.5, 0.6) is 0 Å². The van der Waals surface area contributed by atoms with Gasteiger partial charge in [0.25, 0.3) is 5.91 Å². The zero-order valence-electron chi connectivity index (χ0n) is 25.8. The van der Waals surface area contributed by atoms with Gasteiger partial charge in [-0.25, -0.2) is 4.79 Å². The number of fused-ring (bicyclic) bond motifs is 1. The van der Waals surface area contributed by atoms with Crippen LogP contribution in [0.2, 0.25) is 0 Å². The van der Waals surface area contributed by atoms with Gasteiger partial charge in [0.1, 0.15) is 12.4 Å². The summed E-state index contributed by atoms with van der Waals surface area (Å²) in [4.78, 5) is 55.8. The second kappa shape index (κ2) is 15.5. The van der Waals surface area contributed by atoms with E-state index in [0.29, 0.717) is 30.6 Å². The molecule has 0 aromatic heterocycles. The van der Waals surface area contributed by atoms with E-state index in [4.69, 9.17) is 10.5 Å².